The van der Waals surface area contributed by atoms with Gasteiger partial charge < -0.3 is 20.1 Å². The summed E-state index contributed by atoms with van der Waals surface area (Å²) in [5, 5.41) is 7.61. The molecule has 1 heterocycles. The van der Waals surface area contributed by atoms with Gasteiger partial charge in [-0.25, -0.2) is 4.98 Å². The van der Waals surface area contributed by atoms with Gasteiger partial charge in [0.15, 0.2) is 5.96 Å². The van der Waals surface area contributed by atoms with Crippen molar-refractivity contribution in [2.45, 2.75) is 26.9 Å². The minimum absolute atomic E-state index is 0. The highest BCUT2D eigenvalue weighted by atomic mass is 127. The van der Waals surface area contributed by atoms with Gasteiger partial charge in [0.25, 0.3) is 0 Å². The van der Waals surface area contributed by atoms with E-state index in [1.54, 1.807) is 32.6 Å². The van der Waals surface area contributed by atoms with Crippen LogP contribution in [0.1, 0.15) is 21.1 Å². The summed E-state index contributed by atoms with van der Waals surface area (Å²) < 4.78 is 10.6. The summed E-state index contributed by atoms with van der Waals surface area (Å²) >= 11 is 1.70. The van der Waals surface area contributed by atoms with Crippen LogP contribution < -0.4 is 20.1 Å². The van der Waals surface area contributed by atoms with Gasteiger partial charge in [-0.15, -0.1) is 35.3 Å². The van der Waals surface area contributed by atoms with Crippen LogP contribution in [-0.4, -0.2) is 32.2 Å². The van der Waals surface area contributed by atoms with Gasteiger partial charge in [0.2, 0.25) is 0 Å². The van der Waals surface area contributed by atoms with Crippen LogP contribution in [-0.2, 0) is 13.1 Å². The summed E-state index contributed by atoms with van der Waals surface area (Å²) in [4.78, 5) is 10.0. The van der Waals surface area contributed by atoms with Crippen LogP contribution in [0.15, 0.2) is 23.2 Å². The minimum atomic E-state index is 0. The number of hydrogen-bond acceptors (Lipinski definition) is 5. The zero-order valence-electron chi connectivity index (χ0n) is 15.2. The molecule has 0 saturated heterocycles. The van der Waals surface area contributed by atoms with Crippen LogP contribution in [0.4, 0.5) is 0 Å². The smallest absolute Gasteiger partial charge is 0.191 e. The Hall–Kier alpha value is -1.55. The van der Waals surface area contributed by atoms with Gasteiger partial charge in [0.05, 0.1) is 26.5 Å². The van der Waals surface area contributed by atoms with E-state index in [1.165, 1.54) is 4.88 Å². The van der Waals surface area contributed by atoms with Gasteiger partial charge >= 0.3 is 0 Å². The van der Waals surface area contributed by atoms with E-state index in [2.05, 4.69) is 27.5 Å². The van der Waals surface area contributed by atoms with E-state index in [0.29, 0.717) is 13.1 Å². The first kappa shape index (κ1) is 21.5. The van der Waals surface area contributed by atoms with Gasteiger partial charge in [-0.05, 0) is 26.0 Å². The molecule has 0 aliphatic carbocycles. The Morgan fingerprint density at radius 2 is 1.88 bits per heavy atom. The quantitative estimate of drug-likeness (QED) is 0.381. The third-order valence-corrected chi connectivity index (χ3v) is 4.72. The molecule has 0 aliphatic rings. The lowest BCUT2D eigenvalue weighted by Crippen LogP contribution is -2.36. The zero-order valence-corrected chi connectivity index (χ0v) is 18.3. The molecule has 2 rings (SSSR count). The Balaban J connectivity index is 0.00000312. The molecule has 6 nitrogen and oxygen atoms in total. The molecule has 8 heteroatoms. The maximum absolute atomic E-state index is 5.41. The number of rotatable bonds is 6. The normalized spacial score (nSPS) is 10.8. The Morgan fingerprint density at radius 3 is 2.44 bits per heavy atom. The Labute approximate surface area is 170 Å². The van der Waals surface area contributed by atoms with Crippen molar-refractivity contribution in [3.8, 4) is 11.5 Å². The van der Waals surface area contributed by atoms with E-state index < -0.39 is 0 Å². The van der Waals surface area contributed by atoms with Crippen molar-refractivity contribution >= 4 is 41.3 Å². The highest BCUT2D eigenvalue weighted by Crippen LogP contribution is 2.24. The van der Waals surface area contributed by atoms with Crippen LogP contribution in [0.2, 0.25) is 0 Å². The van der Waals surface area contributed by atoms with Crippen LogP contribution in [0, 0.1) is 13.8 Å². The molecule has 25 heavy (non-hydrogen) atoms. The first-order valence-corrected chi connectivity index (χ1v) is 8.47. The molecule has 0 radical (unpaired) electrons. The second kappa shape index (κ2) is 10.4. The summed E-state index contributed by atoms with van der Waals surface area (Å²) in [5.74, 6) is 2.27. The van der Waals surface area contributed by atoms with Gasteiger partial charge in [-0.3, -0.25) is 4.99 Å². The Kier molecular flexibility index (Phi) is 8.98. The second-order valence-corrected chi connectivity index (χ2v) is 6.49. The van der Waals surface area contributed by atoms with Crippen LogP contribution >= 0.6 is 35.3 Å². The summed E-state index contributed by atoms with van der Waals surface area (Å²) in [7, 11) is 5.04. The number of ether oxygens (including phenoxy) is 2. The number of hydrogen-bond donors (Lipinski definition) is 2. The third kappa shape index (κ3) is 6.03. The van der Waals surface area contributed by atoms with Gasteiger partial charge in [-0.2, -0.15) is 0 Å². The molecule has 138 valence electrons. The Bertz CT molecular complexity index is 699. The molecule has 1 aromatic heterocycles. The average Bonchev–Trinajstić information content (AvgIpc) is 2.93. The van der Waals surface area contributed by atoms with E-state index in [-0.39, 0.29) is 24.0 Å². The molecule has 0 unspecified atom stereocenters. The van der Waals surface area contributed by atoms with Crippen molar-refractivity contribution < 1.29 is 9.47 Å². The first-order chi connectivity index (χ1) is 11.6. The topological polar surface area (TPSA) is 67.8 Å². The fourth-order valence-electron chi connectivity index (χ4n) is 2.17. The third-order valence-electron chi connectivity index (χ3n) is 3.64. The maximum atomic E-state index is 5.41. The number of thiazole rings is 1. The van der Waals surface area contributed by atoms with Crippen LogP contribution in [0.3, 0.4) is 0 Å². The average molecular weight is 476 g/mol. The summed E-state index contributed by atoms with van der Waals surface area (Å²) in [6.07, 6.45) is 0. The molecule has 0 fully saturated rings. The number of benzene rings is 1. The number of nitrogens with one attached hydrogen (secondary N) is 2. The number of nitrogens with zero attached hydrogens (tertiary/aromatic N) is 2. The van der Waals surface area contributed by atoms with Crippen molar-refractivity contribution in [3.63, 3.8) is 0 Å². The van der Waals surface area contributed by atoms with Gasteiger partial charge in [-0.1, -0.05) is 0 Å². The van der Waals surface area contributed by atoms with Gasteiger partial charge in [0, 0.05) is 30.1 Å². The van der Waals surface area contributed by atoms with Crippen molar-refractivity contribution in [2.75, 3.05) is 21.3 Å². The monoisotopic (exact) mass is 476 g/mol. The van der Waals surface area contributed by atoms with Crippen molar-refractivity contribution in [1.82, 2.24) is 15.6 Å². The van der Waals surface area contributed by atoms with Gasteiger partial charge in [0.1, 0.15) is 16.5 Å². The minimum Gasteiger partial charge on any atom is -0.497 e. The van der Waals surface area contributed by atoms with E-state index in [9.17, 15) is 0 Å². The molecule has 1 aromatic carbocycles. The van der Waals surface area contributed by atoms with Crippen molar-refractivity contribution in [1.29, 1.82) is 0 Å². The molecule has 0 saturated carbocycles. The summed E-state index contributed by atoms with van der Waals surface area (Å²) in [6, 6.07) is 5.76. The SMILES string of the molecule is CN=C(NCc1nc(C)c(C)s1)NCc1ccc(OC)cc1OC.I. The van der Waals surface area contributed by atoms with E-state index in [4.69, 9.17) is 9.47 Å². The van der Waals surface area contributed by atoms with Crippen LogP contribution in [0.5, 0.6) is 11.5 Å². The standard InChI is InChI=1S/C17H24N4O2S.HI/c1-11-12(2)24-16(21-11)10-20-17(18-3)19-9-13-6-7-14(22-4)8-15(13)23-5;/h6-8H,9-10H2,1-5H3,(H2,18,19,20);1H. The highest BCUT2D eigenvalue weighted by molar-refractivity contribution is 14.0. The van der Waals surface area contributed by atoms with Crippen molar-refractivity contribution in [3.05, 3.63) is 39.3 Å². The van der Waals surface area contributed by atoms with E-state index in [1.807, 2.05) is 25.1 Å². The number of aryl methyl sites for hydroxylation is 2. The summed E-state index contributed by atoms with van der Waals surface area (Å²) in [6.45, 7) is 5.36. The number of aromatic nitrogens is 1. The molecule has 0 aliphatic heterocycles. The van der Waals surface area contributed by atoms with E-state index in [0.717, 1.165) is 33.7 Å². The molecular weight excluding hydrogens is 451 g/mol. The lowest BCUT2D eigenvalue weighted by atomic mass is 10.2. The first-order valence-electron chi connectivity index (χ1n) is 7.65. The fourth-order valence-corrected chi connectivity index (χ4v) is 3.05. The van der Waals surface area contributed by atoms with E-state index >= 15 is 0 Å². The Morgan fingerprint density at radius 1 is 1.16 bits per heavy atom. The number of halogens is 1. The molecule has 0 amide bonds. The lowest BCUT2D eigenvalue weighted by Gasteiger charge is -2.14. The lowest BCUT2D eigenvalue weighted by molar-refractivity contribution is 0.390. The zero-order chi connectivity index (χ0) is 17.5. The van der Waals surface area contributed by atoms with Crippen LogP contribution in [0.25, 0.3) is 0 Å². The molecule has 2 aromatic rings. The highest BCUT2D eigenvalue weighted by Gasteiger charge is 2.07. The largest absolute Gasteiger partial charge is 0.497 e. The predicted octanol–water partition coefficient (Wildman–Crippen LogP) is 3.26. The molecule has 2 N–H and O–H groups in total. The molecular formula is C17H25IN4O2S. The molecule has 0 spiro atoms. The predicted molar refractivity (Wildman–Crippen MR) is 114 cm³/mol. The number of aliphatic imine (C=N–C) groups is 1. The fraction of sp³-hybridized carbons (Fsp3) is 0.412. The number of guanidine groups is 1. The van der Waals surface area contributed by atoms with Crippen molar-refractivity contribution in [2.24, 2.45) is 4.99 Å². The maximum Gasteiger partial charge on any atom is 0.191 e. The number of methoxy groups -OCH3 is 2. The summed E-state index contributed by atoms with van der Waals surface area (Å²) in [5.41, 5.74) is 2.12. The molecule has 0 bridgehead atoms. The molecule has 0 atom stereocenters. The second-order valence-electron chi connectivity index (χ2n) is 5.21.